The molecule has 1 unspecified atom stereocenters. The molecule has 0 aromatic rings. The van der Waals surface area contributed by atoms with Gasteiger partial charge in [-0.1, -0.05) is 0 Å². The molecule has 5 heteroatoms. The Bertz CT molecular complexity index is 266. The first-order chi connectivity index (χ1) is 8.20. The maximum Gasteiger partial charge on any atom is 0.239 e. The summed E-state index contributed by atoms with van der Waals surface area (Å²) in [5.74, 6) is 0.252. The number of rotatable bonds is 2. The second-order valence-electron chi connectivity index (χ2n) is 4.90. The van der Waals surface area contributed by atoms with Crippen molar-refractivity contribution in [2.24, 2.45) is 0 Å². The van der Waals surface area contributed by atoms with E-state index >= 15 is 0 Å². The molecule has 0 saturated carbocycles. The van der Waals surface area contributed by atoms with Crippen molar-refractivity contribution in [1.82, 2.24) is 15.1 Å². The van der Waals surface area contributed by atoms with E-state index in [1.54, 1.807) is 0 Å². The quantitative estimate of drug-likeness (QED) is 0.710. The number of nitrogens with one attached hydrogen (secondary N) is 1. The molecule has 1 N–H and O–H groups in total. The molecule has 17 heavy (non-hydrogen) atoms. The lowest BCUT2D eigenvalue weighted by atomic mass is 10.1. The van der Waals surface area contributed by atoms with E-state index in [0.29, 0.717) is 19.3 Å². The van der Waals surface area contributed by atoms with E-state index in [1.165, 1.54) is 0 Å². The van der Waals surface area contributed by atoms with Crippen molar-refractivity contribution >= 4 is 5.91 Å². The van der Waals surface area contributed by atoms with Gasteiger partial charge in [-0.15, -0.1) is 0 Å². The molecule has 2 heterocycles. The molecule has 5 nitrogen and oxygen atoms in total. The second-order valence-corrected chi connectivity index (χ2v) is 4.90. The number of hydrogen-bond donors (Lipinski definition) is 1. The highest BCUT2D eigenvalue weighted by atomic mass is 16.5. The topological polar surface area (TPSA) is 44.8 Å². The van der Waals surface area contributed by atoms with Gasteiger partial charge in [0, 0.05) is 38.8 Å². The standard InChI is InChI=1S/C12H23N3O2/c1-10-9-13-3-4-15(10)11(2)12(16)14-5-7-17-8-6-14/h10-11,13H,3-9H2,1-2H3/t10-,11?/m0/s1. The summed E-state index contributed by atoms with van der Waals surface area (Å²) in [4.78, 5) is 16.6. The van der Waals surface area contributed by atoms with Crippen molar-refractivity contribution in [1.29, 1.82) is 0 Å². The fraction of sp³-hybridized carbons (Fsp3) is 0.917. The van der Waals surface area contributed by atoms with Crippen molar-refractivity contribution in [3.8, 4) is 0 Å². The highest BCUT2D eigenvalue weighted by Crippen LogP contribution is 2.11. The Labute approximate surface area is 103 Å². The fourth-order valence-corrected chi connectivity index (χ4v) is 2.62. The number of ether oxygens (including phenoxy) is 1. The van der Waals surface area contributed by atoms with Crippen LogP contribution in [0, 0.1) is 0 Å². The molecule has 2 rings (SSSR count). The van der Waals surface area contributed by atoms with Gasteiger partial charge in [0.15, 0.2) is 0 Å². The smallest absolute Gasteiger partial charge is 0.239 e. The largest absolute Gasteiger partial charge is 0.378 e. The Morgan fingerprint density at radius 2 is 2.06 bits per heavy atom. The highest BCUT2D eigenvalue weighted by molar-refractivity contribution is 5.81. The molecule has 0 aliphatic carbocycles. The molecule has 98 valence electrons. The van der Waals surface area contributed by atoms with Crippen LogP contribution in [0.25, 0.3) is 0 Å². The van der Waals surface area contributed by atoms with Crippen LogP contribution < -0.4 is 5.32 Å². The first-order valence-corrected chi connectivity index (χ1v) is 6.53. The summed E-state index contributed by atoms with van der Waals surface area (Å²) in [7, 11) is 0. The Hall–Kier alpha value is -0.650. The summed E-state index contributed by atoms with van der Waals surface area (Å²) in [6, 6.07) is 0.425. The first kappa shape index (κ1) is 12.8. The van der Waals surface area contributed by atoms with Crippen LogP contribution in [0.4, 0.5) is 0 Å². The third-order valence-corrected chi connectivity index (χ3v) is 3.73. The van der Waals surface area contributed by atoms with Crippen LogP contribution in [-0.4, -0.2) is 73.7 Å². The van der Waals surface area contributed by atoms with E-state index in [9.17, 15) is 4.79 Å². The van der Waals surface area contributed by atoms with Gasteiger partial charge in [0.2, 0.25) is 5.91 Å². The molecule has 0 aromatic heterocycles. The molecule has 0 spiro atoms. The van der Waals surface area contributed by atoms with Crippen molar-refractivity contribution in [2.75, 3.05) is 45.9 Å². The van der Waals surface area contributed by atoms with Crippen molar-refractivity contribution < 1.29 is 9.53 Å². The van der Waals surface area contributed by atoms with Crippen molar-refractivity contribution in [2.45, 2.75) is 25.9 Å². The van der Waals surface area contributed by atoms with Crippen LogP contribution >= 0.6 is 0 Å². The van der Waals surface area contributed by atoms with Crippen LogP contribution in [0.15, 0.2) is 0 Å². The number of carbonyl (C=O) groups excluding carboxylic acids is 1. The minimum absolute atomic E-state index is 0.00907. The Morgan fingerprint density at radius 3 is 2.71 bits per heavy atom. The zero-order valence-corrected chi connectivity index (χ0v) is 10.8. The Kier molecular flexibility index (Phi) is 4.36. The van der Waals surface area contributed by atoms with Gasteiger partial charge in [-0.2, -0.15) is 0 Å². The van der Waals surface area contributed by atoms with Gasteiger partial charge in [-0.25, -0.2) is 0 Å². The fourth-order valence-electron chi connectivity index (χ4n) is 2.62. The number of morpholine rings is 1. The Morgan fingerprint density at radius 1 is 1.35 bits per heavy atom. The molecule has 2 atom stereocenters. The van der Waals surface area contributed by atoms with E-state index < -0.39 is 0 Å². The van der Waals surface area contributed by atoms with E-state index in [-0.39, 0.29) is 11.9 Å². The molecule has 2 aliphatic rings. The molecule has 2 saturated heterocycles. The van der Waals surface area contributed by atoms with Crippen LogP contribution in [0.1, 0.15) is 13.8 Å². The molecule has 0 bridgehead atoms. The van der Waals surface area contributed by atoms with Crippen molar-refractivity contribution in [3.63, 3.8) is 0 Å². The lowest BCUT2D eigenvalue weighted by Crippen LogP contribution is -2.58. The van der Waals surface area contributed by atoms with Gasteiger partial charge in [-0.05, 0) is 13.8 Å². The maximum atomic E-state index is 12.4. The molecule has 0 aromatic carbocycles. The Balaban J connectivity index is 1.92. The normalized spacial score (nSPS) is 29.1. The third kappa shape index (κ3) is 2.97. The zero-order valence-electron chi connectivity index (χ0n) is 10.8. The second kappa shape index (κ2) is 5.80. The summed E-state index contributed by atoms with van der Waals surface area (Å²) >= 11 is 0. The third-order valence-electron chi connectivity index (χ3n) is 3.73. The van der Waals surface area contributed by atoms with E-state index in [2.05, 4.69) is 17.1 Å². The summed E-state index contributed by atoms with van der Waals surface area (Å²) in [6.45, 7) is 9.94. The predicted molar refractivity (Wildman–Crippen MR) is 65.9 cm³/mol. The van der Waals surface area contributed by atoms with Gasteiger partial charge in [0.05, 0.1) is 19.3 Å². The van der Waals surface area contributed by atoms with Gasteiger partial charge < -0.3 is 15.0 Å². The summed E-state index contributed by atoms with van der Waals surface area (Å²) in [5.41, 5.74) is 0. The predicted octanol–water partition coefficient (Wildman–Crippen LogP) is -0.473. The SMILES string of the molecule is CC(C(=O)N1CCOCC1)N1CCNC[C@@H]1C. The number of piperazine rings is 1. The minimum atomic E-state index is -0.00907. The minimum Gasteiger partial charge on any atom is -0.378 e. The van der Waals surface area contributed by atoms with Crippen LogP contribution in [0.2, 0.25) is 0 Å². The zero-order chi connectivity index (χ0) is 12.3. The van der Waals surface area contributed by atoms with E-state index in [0.717, 1.165) is 32.7 Å². The van der Waals surface area contributed by atoms with Crippen LogP contribution in [0.5, 0.6) is 0 Å². The van der Waals surface area contributed by atoms with Gasteiger partial charge in [0.1, 0.15) is 0 Å². The van der Waals surface area contributed by atoms with Gasteiger partial charge in [-0.3, -0.25) is 9.69 Å². The van der Waals surface area contributed by atoms with E-state index in [4.69, 9.17) is 4.74 Å². The molecule has 2 aliphatic heterocycles. The van der Waals surface area contributed by atoms with Crippen LogP contribution in [-0.2, 0) is 9.53 Å². The van der Waals surface area contributed by atoms with Gasteiger partial charge >= 0.3 is 0 Å². The molecular formula is C12H23N3O2. The number of amides is 1. The highest BCUT2D eigenvalue weighted by Gasteiger charge is 2.30. The average Bonchev–Trinajstić information content (AvgIpc) is 2.39. The summed E-state index contributed by atoms with van der Waals surface area (Å²) in [6.07, 6.45) is 0. The summed E-state index contributed by atoms with van der Waals surface area (Å²) < 4.78 is 5.28. The van der Waals surface area contributed by atoms with Crippen molar-refractivity contribution in [3.05, 3.63) is 0 Å². The lowest BCUT2D eigenvalue weighted by molar-refractivity contribution is -0.141. The molecule has 1 amide bonds. The van der Waals surface area contributed by atoms with E-state index in [1.807, 2.05) is 11.8 Å². The summed E-state index contributed by atoms with van der Waals surface area (Å²) in [5, 5.41) is 3.35. The molecular weight excluding hydrogens is 218 g/mol. The number of hydrogen-bond acceptors (Lipinski definition) is 4. The number of nitrogens with zero attached hydrogens (tertiary/aromatic N) is 2. The molecule has 2 fully saturated rings. The van der Waals surface area contributed by atoms with Crippen LogP contribution in [0.3, 0.4) is 0 Å². The average molecular weight is 241 g/mol. The lowest BCUT2D eigenvalue weighted by Gasteiger charge is -2.40. The van der Waals surface area contributed by atoms with Gasteiger partial charge in [0.25, 0.3) is 0 Å². The number of carbonyl (C=O) groups is 1. The monoisotopic (exact) mass is 241 g/mol. The first-order valence-electron chi connectivity index (χ1n) is 6.53. The maximum absolute atomic E-state index is 12.4. The molecule has 0 radical (unpaired) electrons.